The molecule has 0 radical (unpaired) electrons. The molecule has 4 atom stereocenters. The molecule has 0 aromatic rings. The van der Waals surface area contributed by atoms with Crippen molar-refractivity contribution in [2.24, 2.45) is 11.8 Å². The highest BCUT2D eigenvalue weighted by Crippen LogP contribution is 2.39. The van der Waals surface area contributed by atoms with Crippen molar-refractivity contribution >= 4 is 11.9 Å². The van der Waals surface area contributed by atoms with Crippen molar-refractivity contribution in [1.29, 1.82) is 0 Å². The second-order valence-electron chi connectivity index (χ2n) is 8.49. The van der Waals surface area contributed by atoms with Gasteiger partial charge in [0, 0.05) is 12.6 Å². The summed E-state index contributed by atoms with van der Waals surface area (Å²) in [6.07, 6.45) is 11.8. The van der Waals surface area contributed by atoms with Crippen LogP contribution in [0.15, 0.2) is 0 Å². The lowest BCUT2D eigenvalue weighted by Crippen LogP contribution is -2.55. The van der Waals surface area contributed by atoms with E-state index in [0.29, 0.717) is 12.7 Å². The van der Waals surface area contributed by atoms with Crippen LogP contribution in [0.2, 0.25) is 0 Å². The number of urea groups is 1. The molecule has 3 amide bonds. The average Bonchev–Trinajstić information content (AvgIpc) is 2.83. The van der Waals surface area contributed by atoms with Gasteiger partial charge in [-0.3, -0.25) is 9.69 Å². The molecule has 0 aromatic carbocycles. The standard InChI is InChI=1S/C19H31N3O2/c1-14-7-4-5-11-19(14)17(23)22(18(24)20-19)13-21-12-6-9-15-8-2-3-10-16(15)21/h14-16H,2-13H2,1H3,(H,20,24)/t14-,15-,16-,19+/m1/s1. The molecular formula is C19H31N3O2. The topological polar surface area (TPSA) is 52.7 Å². The Morgan fingerprint density at radius 1 is 1.04 bits per heavy atom. The molecule has 0 aromatic heterocycles. The molecule has 1 N–H and O–H groups in total. The Hall–Kier alpha value is -1.10. The summed E-state index contributed by atoms with van der Waals surface area (Å²) in [5.74, 6) is 1.06. The van der Waals surface area contributed by atoms with E-state index in [4.69, 9.17) is 0 Å². The van der Waals surface area contributed by atoms with Crippen molar-refractivity contribution in [1.82, 2.24) is 15.1 Å². The van der Waals surface area contributed by atoms with Gasteiger partial charge < -0.3 is 5.32 Å². The van der Waals surface area contributed by atoms with Crippen LogP contribution in [-0.2, 0) is 4.79 Å². The zero-order valence-corrected chi connectivity index (χ0v) is 14.9. The maximum absolute atomic E-state index is 13.2. The van der Waals surface area contributed by atoms with Gasteiger partial charge in [0.2, 0.25) is 0 Å². The normalized spacial score (nSPS) is 40.7. The van der Waals surface area contributed by atoms with Crippen LogP contribution in [0.1, 0.15) is 71.1 Å². The van der Waals surface area contributed by atoms with E-state index in [1.54, 1.807) is 0 Å². The second-order valence-corrected chi connectivity index (χ2v) is 8.49. The van der Waals surface area contributed by atoms with Crippen LogP contribution in [0.5, 0.6) is 0 Å². The molecule has 134 valence electrons. The number of hydrogen-bond donors (Lipinski definition) is 1. The van der Waals surface area contributed by atoms with Crippen molar-refractivity contribution in [3.8, 4) is 0 Å². The van der Waals surface area contributed by atoms with Crippen molar-refractivity contribution in [3.63, 3.8) is 0 Å². The lowest BCUT2D eigenvalue weighted by molar-refractivity contribution is -0.136. The van der Waals surface area contributed by atoms with Crippen molar-refractivity contribution in [3.05, 3.63) is 0 Å². The minimum atomic E-state index is -0.614. The number of carbonyl (C=O) groups excluding carboxylic acids is 2. The summed E-state index contributed by atoms with van der Waals surface area (Å²) in [4.78, 5) is 29.7. The first-order valence-electron chi connectivity index (χ1n) is 10.00. The van der Waals surface area contributed by atoms with Crippen LogP contribution in [-0.4, -0.2) is 46.5 Å². The fourth-order valence-corrected chi connectivity index (χ4v) is 5.71. The Morgan fingerprint density at radius 2 is 1.79 bits per heavy atom. The molecule has 2 saturated heterocycles. The zero-order chi connectivity index (χ0) is 16.7. The van der Waals surface area contributed by atoms with E-state index in [2.05, 4.69) is 17.1 Å². The lowest BCUT2D eigenvalue weighted by atomic mass is 9.73. The summed E-state index contributed by atoms with van der Waals surface area (Å²) in [5, 5.41) is 3.09. The van der Waals surface area contributed by atoms with Gasteiger partial charge in [-0.25, -0.2) is 9.69 Å². The molecule has 0 bridgehead atoms. The van der Waals surface area contributed by atoms with Gasteiger partial charge in [0.15, 0.2) is 0 Å². The quantitative estimate of drug-likeness (QED) is 0.790. The first kappa shape index (κ1) is 16.4. The van der Waals surface area contributed by atoms with Gasteiger partial charge in [-0.2, -0.15) is 0 Å². The number of likely N-dealkylation sites (tertiary alicyclic amines) is 1. The Bertz CT molecular complexity index is 521. The lowest BCUT2D eigenvalue weighted by Gasteiger charge is -2.45. The number of imide groups is 1. The Morgan fingerprint density at radius 3 is 2.62 bits per heavy atom. The maximum Gasteiger partial charge on any atom is 0.326 e. The Balaban J connectivity index is 1.50. The van der Waals surface area contributed by atoms with E-state index in [1.165, 1.54) is 49.8 Å². The predicted molar refractivity (Wildman–Crippen MR) is 92.3 cm³/mol. The fourth-order valence-electron chi connectivity index (χ4n) is 5.71. The van der Waals surface area contributed by atoms with E-state index < -0.39 is 5.54 Å². The van der Waals surface area contributed by atoms with Crippen LogP contribution in [0.25, 0.3) is 0 Å². The molecule has 1 spiro atoms. The van der Waals surface area contributed by atoms with Crippen LogP contribution in [0.4, 0.5) is 4.79 Å². The summed E-state index contributed by atoms with van der Waals surface area (Å²) in [6, 6.07) is 0.417. The van der Waals surface area contributed by atoms with E-state index in [0.717, 1.165) is 31.7 Å². The van der Waals surface area contributed by atoms with Gasteiger partial charge in [-0.15, -0.1) is 0 Å². The molecule has 4 fully saturated rings. The number of hydrogen-bond acceptors (Lipinski definition) is 3. The van der Waals surface area contributed by atoms with Gasteiger partial charge in [0.05, 0.1) is 6.67 Å². The van der Waals surface area contributed by atoms with E-state index >= 15 is 0 Å². The molecule has 2 saturated carbocycles. The highest BCUT2D eigenvalue weighted by Gasteiger charge is 2.55. The number of nitrogens with one attached hydrogen (secondary N) is 1. The first-order chi connectivity index (χ1) is 11.6. The SMILES string of the molecule is C[C@@H]1CCCC[C@]12NC(=O)N(CN1CCC[C@H]3CCCC[C@H]31)C2=O. The fraction of sp³-hybridized carbons (Fsp3) is 0.895. The molecule has 4 rings (SSSR count). The largest absolute Gasteiger partial charge is 0.326 e. The minimum Gasteiger partial charge on any atom is -0.323 e. The number of piperidine rings is 1. The maximum atomic E-state index is 13.2. The molecule has 0 unspecified atom stereocenters. The molecule has 5 heteroatoms. The van der Waals surface area contributed by atoms with Crippen LogP contribution in [0, 0.1) is 11.8 Å². The predicted octanol–water partition coefficient (Wildman–Crippen LogP) is 3.10. The highest BCUT2D eigenvalue weighted by atomic mass is 16.2. The van der Waals surface area contributed by atoms with Crippen molar-refractivity contribution < 1.29 is 9.59 Å². The number of fused-ring (bicyclic) bond motifs is 1. The summed E-state index contributed by atoms with van der Waals surface area (Å²) < 4.78 is 0. The first-order valence-corrected chi connectivity index (χ1v) is 10.00. The van der Waals surface area contributed by atoms with Gasteiger partial charge >= 0.3 is 6.03 Å². The Labute approximate surface area is 145 Å². The zero-order valence-electron chi connectivity index (χ0n) is 14.9. The van der Waals surface area contributed by atoms with E-state index in [1.807, 2.05) is 0 Å². The highest BCUT2D eigenvalue weighted by molar-refractivity contribution is 6.07. The van der Waals surface area contributed by atoms with E-state index in [9.17, 15) is 9.59 Å². The third kappa shape index (κ3) is 2.56. The number of rotatable bonds is 2. The Kier molecular flexibility index (Phi) is 4.31. The van der Waals surface area contributed by atoms with Crippen LogP contribution >= 0.6 is 0 Å². The summed E-state index contributed by atoms with van der Waals surface area (Å²) in [7, 11) is 0. The van der Waals surface area contributed by atoms with Gasteiger partial charge in [-0.05, 0) is 50.4 Å². The monoisotopic (exact) mass is 333 g/mol. The molecule has 24 heavy (non-hydrogen) atoms. The third-order valence-electron chi connectivity index (χ3n) is 7.18. The number of nitrogens with zero attached hydrogens (tertiary/aromatic N) is 2. The summed E-state index contributed by atoms with van der Waals surface area (Å²) >= 11 is 0. The molecular weight excluding hydrogens is 302 g/mol. The minimum absolute atomic E-state index is 0.0395. The summed E-state index contributed by atoms with van der Waals surface area (Å²) in [6.45, 7) is 3.65. The number of amides is 3. The smallest absolute Gasteiger partial charge is 0.323 e. The van der Waals surface area contributed by atoms with Gasteiger partial charge in [0.1, 0.15) is 5.54 Å². The molecule has 2 aliphatic carbocycles. The van der Waals surface area contributed by atoms with Gasteiger partial charge in [0.25, 0.3) is 5.91 Å². The molecule has 2 aliphatic heterocycles. The summed E-state index contributed by atoms with van der Waals surface area (Å²) in [5.41, 5.74) is -0.614. The van der Waals surface area contributed by atoms with Crippen molar-refractivity contribution in [2.75, 3.05) is 13.2 Å². The number of carbonyl (C=O) groups is 2. The van der Waals surface area contributed by atoms with Crippen molar-refractivity contribution in [2.45, 2.75) is 82.7 Å². The van der Waals surface area contributed by atoms with Gasteiger partial charge in [-0.1, -0.05) is 32.6 Å². The molecule has 5 nitrogen and oxygen atoms in total. The molecule has 2 heterocycles. The van der Waals surface area contributed by atoms with Crippen LogP contribution < -0.4 is 5.32 Å². The van der Waals surface area contributed by atoms with Crippen LogP contribution in [0.3, 0.4) is 0 Å². The third-order valence-corrected chi connectivity index (χ3v) is 7.18. The van der Waals surface area contributed by atoms with E-state index in [-0.39, 0.29) is 17.9 Å². The molecule has 4 aliphatic rings. The average molecular weight is 333 g/mol. The second kappa shape index (κ2) is 6.32.